The summed E-state index contributed by atoms with van der Waals surface area (Å²) >= 11 is 5.93. The molecule has 0 fully saturated rings. The standard InChI is InChI=1S/C33H45ClN4O6/c1-21(2)17-24-20-44-29-10-8-7-9-26(29)31(40)36-28(19-30(39)35-27(18-22(3)4)33(42)38(24)6)32(41)37(5)15-16-43-25-13-11-23(34)12-14-25/h7-14,21-22,24,27-28H,15-20H2,1-6H3,(H,35,39)(H,36,40)/t24-,27-,28+/m1/s1. The van der Waals surface area contributed by atoms with Crippen molar-refractivity contribution in [1.29, 1.82) is 0 Å². The average Bonchev–Trinajstić information content (AvgIpc) is 2.97. The second kappa shape index (κ2) is 16.3. The zero-order valence-electron chi connectivity index (χ0n) is 26.5. The van der Waals surface area contributed by atoms with Crippen molar-refractivity contribution in [1.82, 2.24) is 20.4 Å². The lowest BCUT2D eigenvalue weighted by molar-refractivity contribution is -0.139. The molecule has 11 heteroatoms. The van der Waals surface area contributed by atoms with Crippen molar-refractivity contribution < 1.29 is 28.7 Å². The normalized spacial score (nSPS) is 19.9. The lowest BCUT2D eigenvalue weighted by atomic mass is 9.99. The van der Waals surface area contributed by atoms with Crippen molar-refractivity contribution in [3.05, 3.63) is 59.1 Å². The van der Waals surface area contributed by atoms with Gasteiger partial charge in [-0.15, -0.1) is 0 Å². The van der Waals surface area contributed by atoms with Crippen LogP contribution in [0, 0.1) is 11.8 Å². The number of likely N-dealkylation sites (N-methyl/N-ethyl adjacent to an activating group) is 2. The van der Waals surface area contributed by atoms with Crippen LogP contribution in [0.25, 0.3) is 0 Å². The van der Waals surface area contributed by atoms with Crippen molar-refractivity contribution in [2.45, 2.75) is 65.1 Å². The van der Waals surface area contributed by atoms with Crippen LogP contribution in [0.3, 0.4) is 0 Å². The predicted molar refractivity (Wildman–Crippen MR) is 170 cm³/mol. The highest BCUT2D eigenvalue weighted by Gasteiger charge is 2.33. The zero-order valence-corrected chi connectivity index (χ0v) is 27.2. The molecule has 2 N–H and O–H groups in total. The van der Waals surface area contributed by atoms with E-state index < -0.39 is 29.8 Å². The monoisotopic (exact) mass is 628 g/mol. The Balaban J connectivity index is 1.88. The molecule has 0 saturated heterocycles. The predicted octanol–water partition coefficient (Wildman–Crippen LogP) is 4.16. The van der Waals surface area contributed by atoms with Gasteiger partial charge in [-0.1, -0.05) is 51.4 Å². The molecule has 0 bridgehead atoms. The van der Waals surface area contributed by atoms with Gasteiger partial charge in [0.2, 0.25) is 17.7 Å². The molecule has 1 heterocycles. The maximum atomic E-state index is 13.8. The third-order valence-corrected chi connectivity index (χ3v) is 7.67. The molecule has 0 spiro atoms. The Morgan fingerprint density at radius 1 is 1.02 bits per heavy atom. The summed E-state index contributed by atoms with van der Waals surface area (Å²) in [5.74, 6) is -0.437. The molecule has 44 heavy (non-hydrogen) atoms. The van der Waals surface area contributed by atoms with E-state index in [4.69, 9.17) is 21.1 Å². The van der Waals surface area contributed by atoms with Gasteiger partial charge in [-0.2, -0.15) is 0 Å². The number of halogens is 1. The number of hydrogen-bond acceptors (Lipinski definition) is 6. The van der Waals surface area contributed by atoms with Crippen LogP contribution >= 0.6 is 11.6 Å². The summed E-state index contributed by atoms with van der Waals surface area (Å²) in [4.78, 5) is 57.3. The molecule has 0 aromatic heterocycles. The van der Waals surface area contributed by atoms with Gasteiger partial charge in [0.15, 0.2) is 0 Å². The number of benzene rings is 2. The number of fused-ring (bicyclic) bond motifs is 1. The van der Waals surface area contributed by atoms with Gasteiger partial charge in [0.25, 0.3) is 5.91 Å². The molecule has 4 amide bonds. The smallest absolute Gasteiger partial charge is 0.255 e. The van der Waals surface area contributed by atoms with Gasteiger partial charge in [-0.05, 0) is 61.1 Å². The van der Waals surface area contributed by atoms with E-state index in [2.05, 4.69) is 24.5 Å². The fraction of sp³-hybridized carbons (Fsp3) is 0.515. The molecule has 0 radical (unpaired) electrons. The molecule has 3 rings (SSSR count). The average molecular weight is 629 g/mol. The minimum atomic E-state index is -1.19. The first-order chi connectivity index (χ1) is 20.8. The van der Waals surface area contributed by atoms with Crippen LogP contribution in [0.1, 0.15) is 57.3 Å². The van der Waals surface area contributed by atoms with Crippen molar-refractivity contribution in [2.75, 3.05) is 33.9 Å². The Labute approximate surface area is 265 Å². The zero-order chi connectivity index (χ0) is 32.4. The van der Waals surface area contributed by atoms with Gasteiger partial charge in [-0.3, -0.25) is 19.2 Å². The van der Waals surface area contributed by atoms with Gasteiger partial charge in [0.1, 0.15) is 36.8 Å². The van der Waals surface area contributed by atoms with Crippen LogP contribution < -0.4 is 20.1 Å². The second-order valence-electron chi connectivity index (χ2n) is 12.1. The van der Waals surface area contributed by atoms with E-state index in [1.54, 1.807) is 67.5 Å². The number of hydrogen-bond donors (Lipinski definition) is 2. The molecule has 240 valence electrons. The first-order valence-electron chi connectivity index (χ1n) is 15.1. The van der Waals surface area contributed by atoms with E-state index in [0.29, 0.717) is 29.4 Å². The summed E-state index contributed by atoms with van der Waals surface area (Å²) in [5.41, 5.74) is 0.228. The van der Waals surface area contributed by atoms with Gasteiger partial charge in [0.05, 0.1) is 24.6 Å². The van der Waals surface area contributed by atoms with E-state index in [0.717, 1.165) is 0 Å². The van der Waals surface area contributed by atoms with Gasteiger partial charge in [-0.25, -0.2) is 0 Å². The fourth-order valence-corrected chi connectivity index (χ4v) is 5.17. The van der Waals surface area contributed by atoms with Crippen LogP contribution in [0.2, 0.25) is 5.02 Å². The number of amides is 4. The number of nitrogens with one attached hydrogen (secondary N) is 2. The largest absolute Gasteiger partial charge is 0.492 e. The van der Waals surface area contributed by atoms with Crippen molar-refractivity contribution in [3.63, 3.8) is 0 Å². The van der Waals surface area contributed by atoms with Crippen LogP contribution in [0.5, 0.6) is 11.5 Å². The van der Waals surface area contributed by atoms with E-state index in [-0.39, 0.29) is 55.5 Å². The summed E-state index contributed by atoms with van der Waals surface area (Å²) in [6, 6.07) is 11.3. The summed E-state index contributed by atoms with van der Waals surface area (Å²) in [6.45, 7) is 8.63. The number of carbonyl (C=O) groups excluding carboxylic acids is 4. The second-order valence-corrected chi connectivity index (χ2v) is 12.5. The van der Waals surface area contributed by atoms with E-state index in [1.165, 1.54) is 4.90 Å². The summed E-state index contributed by atoms with van der Waals surface area (Å²) in [5, 5.41) is 6.19. The Bertz CT molecular complexity index is 1290. The molecule has 2 aromatic carbocycles. The number of ether oxygens (including phenoxy) is 2. The van der Waals surface area contributed by atoms with Gasteiger partial charge in [0, 0.05) is 19.1 Å². The highest BCUT2D eigenvalue weighted by molar-refractivity contribution is 6.30. The van der Waals surface area contributed by atoms with Gasteiger partial charge >= 0.3 is 0 Å². The van der Waals surface area contributed by atoms with Crippen molar-refractivity contribution in [2.24, 2.45) is 11.8 Å². The van der Waals surface area contributed by atoms with Crippen LogP contribution in [-0.4, -0.2) is 85.4 Å². The number of carbonyl (C=O) groups is 4. The lowest BCUT2D eigenvalue weighted by Crippen LogP contribution is -2.55. The van der Waals surface area contributed by atoms with Crippen molar-refractivity contribution in [3.8, 4) is 11.5 Å². The Kier molecular flexibility index (Phi) is 12.9. The van der Waals surface area contributed by atoms with Crippen LogP contribution in [-0.2, 0) is 14.4 Å². The van der Waals surface area contributed by atoms with E-state index >= 15 is 0 Å². The minimum absolute atomic E-state index is 0.118. The first-order valence-corrected chi connectivity index (χ1v) is 15.5. The molecular formula is C33H45ClN4O6. The Morgan fingerprint density at radius 2 is 1.68 bits per heavy atom. The number of para-hydroxylation sites is 1. The summed E-state index contributed by atoms with van der Waals surface area (Å²) < 4.78 is 11.9. The third-order valence-electron chi connectivity index (χ3n) is 7.42. The van der Waals surface area contributed by atoms with Gasteiger partial charge < -0.3 is 29.9 Å². The third kappa shape index (κ3) is 10.1. The van der Waals surface area contributed by atoms with Crippen LogP contribution in [0.4, 0.5) is 0 Å². The number of rotatable bonds is 9. The molecule has 0 unspecified atom stereocenters. The maximum absolute atomic E-state index is 13.8. The fourth-order valence-electron chi connectivity index (χ4n) is 5.05. The highest BCUT2D eigenvalue weighted by atomic mass is 35.5. The Hall–Kier alpha value is -3.79. The summed E-state index contributed by atoms with van der Waals surface area (Å²) in [6.07, 6.45) is 0.737. The topological polar surface area (TPSA) is 117 Å². The number of nitrogens with zero attached hydrogens (tertiary/aromatic N) is 2. The molecule has 3 atom stereocenters. The summed E-state index contributed by atoms with van der Waals surface area (Å²) in [7, 11) is 3.30. The van der Waals surface area contributed by atoms with Crippen molar-refractivity contribution >= 4 is 35.2 Å². The molecule has 1 aliphatic heterocycles. The van der Waals surface area contributed by atoms with E-state index in [1.807, 2.05) is 13.8 Å². The van der Waals surface area contributed by atoms with E-state index in [9.17, 15) is 19.2 Å². The SMILES string of the molecule is CC(C)C[C@@H]1COc2ccccc2C(=O)N[C@H](C(=O)N(C)CCOc2ccc(Cl)cc2)CC(=O)N[C@H](CC(C)C)C(=O)N1C. The minimum Gasteiger partial charge on any atom is -0.492 e. The Morgan fingerprint density at radius 3 is 2.34 bits per heavy atom. The molecule has 0 aliphatic carbocycles. The highest BCUT2D eigenvalue weighted by Crippen LogP contribution is 2.22. The molecule has 10 nitrogen and oxygen atoms in total. The molecule has 1 aliphatic rings. The first kappa shape index (κ1) is 34.7. The molecule has 0 saturated carbocycles. The molecular weight excluding hydrogens is 584 g/mol. The maximum Gasteiger partial charge on any atom is 0.255 e. The van der Waals surface area contributed by atoms with Crippen LogP contribution in [0.15, 0.2) is 48.5 Å². The lowest BCUT2D eigenvalue weighted by Gasteiger charge is -2.34. The quantitative estimate of drug-likeness (QED) is 0.431. The molecule has 2 aromatic rings.